The highest BCUT2D eigenvalue weighted by atomic mass is 35.5. The van der Waals surface area contributed by atoms with Gasteiger partial charge in [-0.05, 0) is 61.2 Å². The summed E-state index contributed by atoms with van der Waals surface area (Å²) in [7, 11) is 0. The summed E-state index contributed by atoms with van der Waals surface area (Å²) in [5.74, 6) is -1.10. The highest BCUT2D eigenvalue weighted by Gasteiger charge is 2.70. The largest absolute Gasteiger partial charge is 0.391 e. The SMILES string of the molecule is CC(=O)c1ccc(N2C(=O)[C@@H]3[C@H]4C[C@H]([C@H]5ON=C(c6ccc(Cl)cc6)[C@H]45)[C@@H]3C2=O)cc1. The molecular weight excluding hydrogens is 416 g/mol. The van der Waals surface area contributed by atoms with E-state index in [0.717, 1.165) is 17.7 Å². The minimum Gasteiger partial charge on any atom is -0.391 e. The van der Waals surface area contributed by atoms with Crippen molar-refractivity contribution >= 4 is 40.6 Å². The summed E-state index contributed by atoms with van der Waals surface area (Å²) in [4.78, 5) is 45.4. The molecule has 6 nitrogen and oxygen atoms in total. The van der Waals surface area contributed by atoms with Gasteiger partial charge in [-0.25, -0.2) is 0 Å². The zero-order chi connectivity index (χ0) is 21.4. The molecule has 6 atom stereocenters. The van der Waals surface area contributed by atoms with Crippen molar-refractivity contribution in [2.45, 2.75) is 19.4 Å². The molecule has 156 valence electrons. The number of oxime groups is 1. The maximum absolute atomic E-state index is 13.4. The van der Waals surface area contributed by atoms with E-state index in [1.165, 1.54) is 11.8 Å². The van der Waals surface area contributed by atoms with E-state index in [9.17, 15) is 14.4 Å². The topological polar surface area (TPSA) is 76.0 Å². The van der Waals surface area contributed by atoms with Gasteiger partial charge in [-0.15, -0.1) is 0 Å². The van der Waals surface area contributed by atoms with Crippen molar-refractivity contribution in [3.63, 3.8) is 0 Å². The van der Waals surface area contributed by atoms with E-state index in [0.29, 0.717) is 16.3 Å². The van der Waals surface area contributed by atoms with E-state index in [-0.39, 0.29) is 53.3 Å². The van der Waals surface area contributed by atoms with E-state index in [1.54, 1.807) is 24.3 Å². The van der Waals surface area contributed by atoms with Crippen molar-refractivity contribution in [3.05, 3.63) is 64.7 Å². The van der Waals surface area contributed by atoms with Crippen LogP contribution in [-0.2, 0) is 14.4 Å². The maximum atomic E-state index is 13.4. The number of hydrogen-bond acceptors (Lipinski definition) is 5. The third kappa shape index (κ3) is 2.51. The van der Waals surface area contributed by atoms with E-state index < -0.39 is 0 Å². The quantitative estimate of drug-likeness (QED) is 0.545. The monoisotopic (exact) mass is 434 g/mol. The average Bonchev–Trinajstić information content (AvgIpc) is 3.49. The number of nitrogens with zero attached hydrogens (tertiary/aromatic N) is 2. The second-order valence-corrected chi connectivity index (χ2v) is 9.25. The van der Waals surface area contributed by atoms with Gasteiger partial charge in [0.05, 0.1) is 23.2 Å². The number of hydrogen-bond donors (Lipinski definition) is 0. The molecule has 7 heteroatoms. The Morgan fingerprint density at radius 3 is 2.26 bits per heavy atom. The Labute approximate surface area is 183 Å². The average molecular weight is 435 g/mol. The second-order valence-electron chi connectivity index (χ2n) is 8.81. The van der Waals surface area contributed by atoms with Gasteiger partial charge in [0.1, 0.15) is 6.10 Å². The van der Waals surface area contributed by atoms with Crippen LogP contribution in [0.4, 0.5) is 5.69 Å². The minimum atomic E-state index is -0.369. The summed E-state index contributed by atoms with van der Waals surface area (Å²) >= 11 is 6.02. The van der Waals surface area contributed by atoms with Crippen LogP contribution in [0.15, 0.2) is 53.7 Å². The summed E-state index contributed by atoms with van der Waals surface area (Å²) in [6.07, 6.45) is 0.625. The lowest BCUT2D eigenvalue weighted by Gasteiger charge is -2.29. The lowest BCUT2D eigenvalue weighted by Crippen LogP contribution is -2.41. The molecule has 2 aromatic rings. The Hall–Kier alpha value is -2.99. The first-order chi connectivity index (χ1) is 15.0. The number of ketones is 1. The van der Waals surface area contributed by atoms with Gasteiger partial charge in [0.15, 0.2) is 5.78 Å². The molecule has 2 aliphatic carbocycles. The van der Waals surface area contributed by atoms with Gasteiger partial charge >= 0.3 is 0 Å². The normalized spacial score (nSPS) is 32.7. The summed E-state index contributed by atoms with van der Waals surface area (Å²) < 4.78 is 0. The molecule has 0 unspecified atom stereocenters. The molecule has 0 N–H and O–H groups in total. The number of amides is 2. The van der Waals surface area contributed by atoms with Gasteiger partial charge < -0.3 is 4.84 Å². The molecule has 2 amide bonds. The second kappa shape index (κ2) is 6.50. The highest BCUT2D eigenvalue weighted by Crippen LogP contribution is 2.62. The van der Waals surface area contributed by atoms with E-state index >= 15 is 0 Å². The summed E-state index contributed by atoms with van der Waals surface area (Å²) in [5, 5.41) is 5.00. The number of rotatable bonds is 3. The fourth-order valence-electron chi connectivity index (χ4n) is 6.08. The number of fused-ring (bicyclic) bond motifs is 8. The van der Waals surface area contributed by atoms with Crippen LogP contribution in [0.3, 0.4) is 0 Å². The molecule has 0 radical (unpaired) electrons. The first-order valence-electron chi connectivity index (χ1n) is 10.4. The van der Waals surface area contributed by atoms with Gasteiger partial charge in [-0.3, -0.25) is 19.3 Å². The molecule has 0 aromatic heterocycles. The summed E-state index contributed by atoms with van der Waals surface area (Å²) in [5.41, 5.74) is 2.85. The summed E-state index contributed by atoms with van der Waals surface area (Å²) in [6.45, 7) is 1.49. The Morgan fingerprint density at radius 2 is 1.61 bits per heavy atom. The molecule has 2 aliphatic heterocycles. The molecule has 31 heavy (non-hydrogen) atoms. The number of carbonyl (C=O) groups is 3. The van der Waals surface area contributed by atoms with Crippen molar-refractivity contribution in [2.75, 3.05) is 4.90 Å². The van der Waals surface area contributed by atoms with Crippen LogP contribution >= 0.6 is 11.6 Å². The number of Topliss-reactive ketones (excluding diaryl/α,β-unsaturated/α-hetero) is 1. The van der Waals surface area contributed by atoms with Crippen molar-refractivity contribution in [1.29, 1.82) is 0 Å². The van der Waals surface area contributed by atoms with Crippen molar-refractivity contribution in [3.8, 4) is 0 Å². The van der Waals surface area contributed by atoms with Gasteiger partial charge in [0, 0.05) is 22.4 Å². The Morgan fingerprint density at radius 1 is 0.968 bits per heavy atom. The van der Waals surface area contributed by atoms with E-state index in [4.69, 9.17) is 16.4 Å². The van der Waals surface area contributed by atoms with E-state index in [1.807, 2.05) is 24.3 Å². The van der Waals surface area contributed by atoms with Crippen molar-refractivity contribution < 1.29 is 19.2 Å². The molecule has 2 saturated carbocycles. The molecule has 2 aromatic carbocycles. The Kier molecular flexibility index (Phi) is 3.93. The van der Waals surface area contributed by atoms with Gasteiger partial charge in [0.25, 0.3) is 0 Å². The molecular formula is C24H19ClN2O4. The Bertz CT molecular complexity index is 1160. The lowest BCUT2D eigenvalue weighted by atomic mass is 9.71. The van der Waals surface area contributed by atoms with Crippen LogP contribution in [-0.4, -0.2) is 29.4 Å². The molecule has 6 rings (SSSR count). The van der Waals surface area contributed by atoms with Crippen LogP contribution in [0.5, 0.6) is 0 Å². The van der Waals surface area contributed by atoms with Gasteiger partial charge in [-0.1, -0.05) is 28.9 Å². The van der Waals surface area contributed by atoms with E-state index in [2.05, 4.69) is 5.16 Å². The molecule has 2 heterocycles. The smallest absolute Gasteiger partial charge is 0.238 e. The number of anilines is 1. The van der Waals surface area contributed by atoms with Crippen molar-refractivity contribution in [2.24, 2.45) is 34.7 Å². The molecule has 4 aliphatic rings. The fourth-order valence-corrected chi connectivity index (χ4v) is 6.21. The van der Waals surface area contributed by atoms with Crippen LogP contribution in [0.2, 0.25) is 5.02 Å². The van der Waals surface area contributed by atoms with Crippen LogP contribution in [0, 0.1) is 29.6 Å². The predicted molar refractivity (Wildman–Crippen MR) is 114 cm³/mol. The molecule has 0 spiro atoms. The number of benzene rings is 2. The van der Waals surface area contributed by atoms with Crippen LogP contribution in [0.25, 0.3) is 0 Å². The standard InChI is InChI=1S/C24H19ClN2O4/c1-11(28)12-4-8-15(9-5-12)27-23(29)18-16-10-17(19(18)24(27)30)22-20(16)21(26-31-22)13-2-6-14(25)7-3-13/h2-9,16-20,22H,10H2,1H3/t16-,17+,18-,19+,20+,22-/m1/s1. The maximum Gasteiger partial charge on any atom is 0.238 e. The first-order valence-corrected chi connectivity index (χ1v) is 10.8. The Balaban J connectivity index is 1.32. The third-order valence-electron chi connectivity index (χ3n) is 7.36. The zero-order valence-corrected chi connectivity index (χ0v) is 17.5. The number of imide groups is 1. The fraction of sp³-hybridized carbons (Fsp3) is 0.333. The minimum absolute atomic E-state index is 0.00390. The number of halogens is 1. The van der Waals surface area contributed by atoms with Crippen LogP contribution < -0.4 is 4.90 Å². The van der Waals surface area contributed by atoms with Gasteiger partial charge in [0.2, 0.25) is 11.8 Å². The molecule has 2 bridgehead atoms. The third-order valence-corrected chi connectivity index (χ3v) is 7.61. The summed E-state index contributed by atoms with van der Waals surface area (Å²) in [6, 6.07) is 14.1. The highest BCUT2D eigenvalue weighted by molar-refractivity contribution is 6.30. The molecule has 1 saturated heterocycles. The molecule has 3 fully saturated rings. The lowest BCUT2D eigenvalue weighted by molar-refractivity contribution is -0.125. The zero-order valence-electron chi connectivity index (χ0n) is 16.7. The first kappa shape index (κ1) is 18.8. The van der Waals surface area contributed by atoms with Crippen molar-refractivity contribution in [1.82, 2.24) is 0 Å². The van der Waals surface area contributed by atoms with Crippen LogP contribution in [0.1, 0.15) is 29.3 Å². The number of carbonyl (C=O) groups excluding carboxylic acids is 3. The van der Waals surface area contributed by atoms with Gasteiger partial charge in [-0.2, -0.15) is 0 Å². The predicted octanol–water partition coefficient (Wildman–Crippen LogP) is 3.72.